The predicted molar refractivity (Wildman–Crippen MR) is 93.8 cm³/mol. The molecule has 3 heteroatoms. The Morgan fingerprint density at radius 1 is 1.09 bits per heavy atom. The molecule has 0 radical (unpaired) electrons. The van der Waals surface area contributed by atoms with Gasteiger partial charge in [0.05, 0.1) is 0 Å². The highest BCUT2D eigenvalue weighted by Gasteiger charge is 2.15. The van der Waals surface area contributed by atoms with Crippen molar-refractivity contribution in [2.24, 2.45) is 0 Å². The monoisotopic (exact) mass is 311 g/mol. The molecule has 0 aliphatic rings. The van der Waals surface area contributed by atoms with Gasteiger partial charge >= 0.3 is 0 Å². The number of benzene rings is 2. The summed E-state index contributed by atoms with van der Waals surface area (Å²) in [6.45, 7) is 6.49. The number of nitrogens with one attached hydrogen (secondary N) is 1. The van der Waals surface area contributed by atoms with Gasteiger partial charge in [-0.25, -0.2) is 0 Å². The van der Waals surface area contributed by atoms with E-state index in [0.717, 1.165) is 29.7 Å². The summed E-state index contributed by atoms with van der Waals surface area (Å²) in [7, 11) is 0. The van der Waals surface area contributed by atoms with E-state index in [1.807, 2.05) is 50.2 Å². The van der Waals surface area contributed by atoms with Crippen LogP contribution in [-0.2, 0) is 11.2 Å². The fraction of sp³-hybridized carbons (Fsp3) is 0.350. The van der Waals surface area contributed by atoms with Crippen LogP contribution in [0.5, 0.6) is 5.75 Å². The van der Waals surface area contributed by atoms with Gasteiger partial charge in [0.1, 0.15) is 5.75 Å². The zero-order valence-electron chi connectivity index (χ0n) is 14.1. The summed E-state index contributed by atoms with van der Waals surface area (Å²) in [4.78, 5) is 12.1. The molecule has 0 heterocycles. The summed E-state index contributed by atoms with van der Waals surface area (Å²) in [5.74, 6) is 0.705. The Balaban J connectivity index is 1.75. The van der Waals surface area contributed by atoms with E-state index in [1.165, 1.54) is 5.56 Å². The van der Waals surface area contributed by atoms with E-state index < -0.39 is 6.10 Å². The zero-order valence-corrected chi connectivity index (χ0v) is 14.1. The quantitative estimate of drug-likeness (QED) is 0.789. The van der Waals surface area contributed by atoms with Crippen LogP contribution in [0.25, 0.3) is 0 Å². The first-order chi connectivity index (χ1) is 11.1. The molecule has 1 amide bonds. The van der Waals surface area contributed by atoms with Crippen molar-refractivity contribution in [2.45, 2.75) is 39.7 Å². The van der Waals surface area contributed by atoms with E-state index in [9.17, 15) is 4.79 Å². The molecule has 2 rings (SSSR count). The summed E-state index contributed by atoms with van der Waals surface area (Å²) in [6.07, 6.45) is 1.39. The number of rotatable bonds is 7. The van der Waals surface area contributed by atoms with Crippen molar-refractivity contribution < 1.29 is 9.53 Å². The Bertz CT molecular complexity index is 637. The highest BCUT2D eigenvalue weighted by Crippen LogP contribution is 2.21. The van der Waals surface area contributed by atoms with Crippen LogP contribution in [0.4, 0.5) is 0 Å². The fourth-order valence-corrected chi connectivity index (χ4v) is 2.39. The fourth-order valence-electron chi connectivity index (χ4n) is 2.39. The lowest BCUT2D eigenvalue weighted by atomic mass is 10.1. The van der Waals surface area contributed by atoms with Gasteiger partial charge in [-0.05, 0) is 56.4 Å². The summed E-state index contributed by atoms with van der Waals surface area (Å²) in [6, 6.07) is 16.2. The van der Waals surface area contributed by atoms with Gasteiger partial charge in [-0.1, -0.05) is 42.5 Å². The van der Waals surface area contributed by atoms with Gasteiger partial charge in [-0.2, -0.15) is 0 Å². The second-order valence-corrected chi connectivity index (χ2v) is 5.84. The third kappa shape index (κ3) is 5.13. The van der Waals surface area contributed by atoms with E-state index in [4.69, 9.17) is 4.74 Å². The number of amides is 1. The molecule has 23 heavy (non-hydrogen) atoms. The van der Waals surface area contributed by atoms with E-state index in [1.54, 1.807) is 6.92 Å². The molecule has 2 aromatic carbocycles. The second-order valence-electron chi connectivity index (χ2n) is 5.84. The van der Waals surface area contributed by atoms with E-state index in [2.05, 4.69) is 17.4 Å². The molecular formula is C20H25NO2. The van der Waals surface area contributed by atoms with Crippen molar-refractivity contribution >= 4 is 5.91 Å². The number of ether oxygens (including phenoxy) is 1. The Morgan fingerprint density at radius 2 is 1.83 bits per heavy atom. The van der Waals surface area contributed by atoms with Gasteiger partial charge in [0.15, 0.2) is 6.10 Å². The molecule has 2 aromatic rings. The molecule has 0 spiro atoms. The minimum Gasteiger partial charge on any atom is -0.481 e. The van der Waals surface area contributed by atoms with Crippen LogP contribution >= 0.6 is 0 Å². The minimum absolute atomic E-state index is 0.0704. The van der Waals surface area contributed by atoms with Gasteiger partial charge in [-0.15, -0.1) is 0 Å². The van der Waals surface area contributed by atoms with Crippen LogP contribution in [0.15, 0.2) is 48.5 Å². The highest BCUT2D eigenvalue weighted by molar-refractivity contribution is 5.80. The topological polar surface area (TPSA) is 38.3 Å². The summed E-state index contributed by atoms with van der Waals surface area (Å²) in [5.41, 5.74) is 3.54. The van der Waals surface area contributed by atoms with E-state index in [-0.39, 0.29) is 5.91 Å². The number of carbonyl (C=O) groups excluding carboxylic acids is 1. The molecular weight excluding hydrogens is 286 g/mol. The van der Waals surface area contributed by atoms with Crippen LogP contribution in [-0.4, -0.2) is 18.6 Å². The molecule has 1 N–H and O–H groups in total. The molecule has 3 nitrogen and oxygen atoms in total. The Hall–Kier alpha value is -2.29. The largest absolute Gasteiger partial charge is 0.481 e. The maximum absolute atomic E-state index is 12.1. The smallest absolute Gasteiger partial charge is 0.260 e. The number of hydrogen-bond acceptors (Lipinski definition) is 2. The first-order valence-electron chi connectivity index (χ1n) is 8.12. The van der Waals surface area contributed by atoms with Gasteiger partial charge < -0.3 is 10.1 Å². The molecule has 0 fully saturated rings. The zero-order chi connectivity index (χ0) is 16.7. The third-order valence-electron chi connectivity index (χ3n) is 4.01. The van der Waals surface area contributed by atoms with Gasteiger partial charge in [0.2, 0.25) is 0 Å². The Morgan fingerprint density at radius 3 is 2.57 bits per heavy atom. The first-order valence-corrected chi connectivity index (χ1v) is 8.12. The van der Waals surface area contributed by atoms with E-state index >= 15 is 0 Å². The molecule has 122 valence electrons. The SMILES string of the molecule is Cc1cccc(OC(C)C(=O)NCCCc2ccccc2)c1C. The van der Waals surface area contributed by atoms with Crippen LogP contribution < -0.4 is 10.1 Å². The number of aryl methyl sites for hydroxylation is 2. The lowest BCUT2D eigenvalue weighted by Gasteiger charge is -2.17. The van der Waals surface area contributed by atoms with E-state index in [0.29, 0.717) is 6.54 Å². The van der Waals surface area contributed by atoms with Gasteiger partial charge in [0.25, 0.3) is 5.91 Å². The normalized spacial score (nSPS) is 11.8. The number of hydrogen-bond donors (Lipinski definition) is 1. The van der Waals surface area contributed by atoms with Crippen molar-refractivity contribution in [3.63, 3.8) is 0 Å². The lowest BCUT2D eigenvalue weighted by molar-refractivity contribution is -0.127. The average Bonchev–Trinajstić information content (AvgIpc) is 2.56. The number of carbonyl (C=O) groups is 1. The summed E-state index contributed by atoms with van der Waals surface area (Å²) < 4.78 is 5.79. The second kappa shape index (κ2) is 8.37. The Labute approximate surface area is 138 Å². The molecule has 0 aliphatic heterocycles. The molecule has 0 saturated heterocycles. The van der Waals surface area contributed by atoms with Crippen LogP contribution in [0.2, 0.25) is 0 Å². The maximum atomic E-state index is 12.1. The van der Waals surface area contributed by atoms with Gasteiger partial charge in [-0.3, -0.25) is 4.79 Å². The molecule has 0 aromatic heterocycles. The average molecular weight is 311 g/mol. The summed E-state index contributed by atoms with van der Waals surface area (Å²) in [5, 5.41) is 2.94. The molecule has 0 bridgehead atoms. The van der Waals surface area contributed by atoms with Crippen molar-refractivity contribution in [1.82, 2.24) is 5.32 Å². The minimum atomic E-state index is -0.493. The molecule has 1 atom stereocenters. The Kier molecular flexibility index (Phi) is 6.21. The molecule has 1 unspecified atom stereocenters. The van der Waals surface area contributed by atoms with Crippen LogP contribution in [0.1, 0.15) is 30.0 Å². The molecule has 0 aliphatic carbocycles. The highest BCUT2D eigenvalue weighted by atomic mass is 16.5. The van der Waals surface area contributed by atoms with Crippen molar-refractivity contribution in [2.75, 3.05) is 6.54 Å². The standard InChI is InChI=1S/C20H25NO2/c1-15-9-7-13-19(16(15)2)23-17(3)20(22)21-14-8-12-18-10-5-4-6-11-18/h4-7,9-11,13,17H,8,12,14H2,1-3H3,(H,21,22). The predicted octanol–water partition coefficient (Wildman–Crippen LogP) is 3.82. The van der Waals surface area contributed by atoms with Crippen LogP contribution in [0.3, 0.4) is 0 Å². The summed E-state index contributed by atoms with van der Waals surface area (Å²) >= 11 is 0. The molecule has 0 saturated carbocycles. The third-order valence-corrected chi connectivity index (χ3v) is 4.01. The van der Waals surface area contributed by atoms with Crippen molar-refractivity contribution in [3.8, 4) is 5.75 Å². The van der Waals surface area contributed by atoms with Crippen molar-refractivity contribution in [3.05, 3.63) is 65.2 Å². The van der Waals surface area contributed by atoms with Crippen molar-refractivity contribution in [1.29, 1.82) is 0 Å². The first kappa shape index (κ1) is 17.1. The van der Waals surface area contributed by atoms with Crippen LogP contribution in [0, 0.1) is 13.8 Å². The maximum Gasteiger partial charge on any atom is 0.260 e. The van der Waals surface area contributed by atoms with Gasteiger partial charge in [0, 0.05) is 6.54 Å². The lowest BCUT2D eigenvalue weighted by Crippen LogP contribution is -2.37.